The molecule has 7 heteroatoms. The quantitative estimate of drug-likeness (QED) is 0.866. The van der Waals surface area contributed by atoms with Crippen molar-refractivity contribution in [2.75, 3.05) is 13.6 Å². The van der Waals surface area contributed by atoms with Gasteiger partial charge in [0.25, 0.3) is 0 Å². The Bertz CT molecular complexity index is 637. The van der Waals surface area contributed by atoms with Gasteiger partial charge in [-0.05, 0) is 36.6 Å². The molecule has 0 spiro atoms. The third kappa shape index (κ3) is 5.15. The third-order valence-electron chi connectivity index (χ3n) is 3.05. The molecule has 0 radical (unpaired) electrons. The van der Waals surface area contributed by atoms with Gasteiger partial charge in [-0.1, -0.05) is 23.7 Å². The van der Waals surface area contributed by atoms with Crippen LogP contribution in [0, 0.1) is 0 Å². The normalized spacial score (nSPS) is 15.6. The summed E-state index contributed by atoms with van der Waals surface area (Å²) in [6.45, 7) is -0.177. The predicted octanol–water partition coefficient (Wildman–Crippen LogP) is 1.85. The van der Waals surface area contributed by atoms with Crippen molar-refractivity contribution >= 4 is 33.6 Å². The summed E-state index contributed by atoms with van der Waals surface area (Å²) in [5.41, 5.74) is 0.721. The largest absolute Gasteiger partial charge is 0.352 e. The number of nitrogens with one attached hydrogen (secondary N) is 1. The number of carbonyl (C=O) groups excluding carboxylic acids is 1. The Morgan fingerprint density at radius 2 is 2.00 bits per heavy atom. The molecule has 21 heavy (non-hydrogen) atoms. The fourth-order valence-electron chi connectivity index (χ4n) is 1.64. The van der Waals surface area contributed by atoms with Crippen LogP contribution in [0.4, 0.5) is 0 Å². The lowest BCUT2D eigenvalue weighted by atomic mass is 10.2. The summed E-state index contributed by atoms with van der Waals surface area (Å²) in [6, 6.07) is 7.02. The van der Waals surface area contributed by atoms with E-state index in [2.05, 4.69) is 5.32 Å². The second-order valence-electron chi connectivity index (χ2n) is 5.00. The van der Waals surface area contributed by atoms with Crippen molar-refractivity contribution in [3.05, 3.63) is 40.3 Å². The van der Waals surface area contributed by atoms with E-state index in [4.69, 9.17) is 11.6 Å². The van der Waals surface area contributed by atoms with E-state index < -0.39 is 10.0 Å². The van der Waals surface area contributed by atoms with Gasteiger partial charge in [-0.2, -0.15) is 4.31 Å². The molecule has 1 aliphatic rings. The lowest BCUT2D eigenvalue weighted by Gasteiger charge is -2.14. The van der Waals surface area contributed by atoms with E-state index in [0.29, 0.717) is 5.02 Å². The molecule has 0 atom stereocenters. The van der Waals surface area contributed by atoms with Gasteiger partial charge in [-0.15, -0.1) is 0 Å². The van der Waals surface area contributed by atoms with E-state index in [-0.39, 0.29) is 18.5 Å². The van der Waals surface area contributed by atoms with E-state index in [1.807, 2.05) is 0 Å². The molecule has 1 aromatic carbocycles. The van der Waals surface area contributed by atoms with E-state index in [1.54, 1.807) is 24.3 Å². The van der Waals surface area contributed by atoms with Crippen LogP contribution >= 0.6 is 11.6 Å². The summed E-state index contributed by atoms with van der Waals surface area (Å²) in [7, 11) is -2.24. The van der Waals surface area contributed by atoms with Crippen LogP contribution in [0.15, 0.2) is 29.7 Å². The Morgan fingerprint density at radius 1 is 1.38 bits per heavy atom. The third-order valence-corrected chi connectivity index (χ3v) is 4.78. The maximum atomic E-state index is 12.0. The molecule has 1 aliphatic carbocycles. The summed E-state index contributed by atoms with van der Waals surface area (Å²) in [5.74, 6) is -0.275. The minimum atomic E-state index is -3.62. The molecule has 0 unspecified atom stereocenters. The van der Waals surface area contributed by atoms with Gasteiger partial charge in [0.2, 0.25) is 15.9 Å². The van der Waals surface area contributed by atoms with Gasteiger partial charge in [-0.3, -0.25) is 4.79 Å². The number of halogens is 1. The standard InChI is InChI=1S/C14H17ClN2O3S/c1-17(10-14(18)16-13-6-7-13)21(19,20)9-8-11-2-4-12(15)5-3-11/h2-5,8-9,13H,6-7,10H2,1H3,(H,16,18)/b9-8+. The first-order valence-electron chi connectivity index (χ1n) is 6.56. The second kappa shape index (κ2) is 6.60. The molecule has 5 nitrogen and oxygen atoms in total. The van der Waals surface area contributed by atoms with Crippen LogP contribution in [0.5, 0.6) is 0 Å². The Kier molecular flexibility index (Phi) is 5.03. The zero-order valence-corrected chi connectivity index (χ0v) is 13.2. The number of nitrogens with zero attached hydrogens (tertiary/aromatic N) is 1. The van der Waals surface area contributed by atoms with Crippen molar-refractivity contribution in [1.82, 2.24) is 9.62 Å². The second-order valence-corrected chi connectivity index (χ2v) is 7.36. The summed E-state index contributed by atoms with van der Waals surface area (Å²) in [4.78, 5) is 11.6. The zero-order valence-electron chi connectivity index (χ0n) is 11.6. The average Bonchev–Trinajstić information content (AvgIpc) is 3.21. The van der Waals surface area contributed by atoms with Gasteiger partial charge in [0, 0.05) is 23.5 Å². The topological polar surface area (TPSA) is 66.5 Å². The van der Waals surface area contributed by atoms with Gasteiger partial charge in [0.05, 0.1) is 6.54 Å². The van der Waals surface area contributed by atoms with Crippen LogP contribution in [-0.4, -0.2) is 38.3 Å². The maximum Gasteiger partial charge on any atom is 0.236 e. The molecule has 2 rings (SSSR count). The number of amides is 1. The summed E-state index contributed by atoms with van der Waals surface area (Å²) in [6.07, 6.45) is 3.41. The highest BCUT2D eigenvalue weighted by Gasteiger charge is 2.25. The molecule has 1 aromatic rings. The summed E-state index contributed by atoms with van der Waals surface area (Å²) >= 11 is 5.76. The number of hydrogen-bond donors (Lipinski definition) is 1. The summed E-state index contributed by atoms with van der Waals surface area (Å²) < 4.78 is 25.1. The van der Waals surface area contributed by atoms with E-state index in [0.717, 1.165) is 28.1 Å². The summed E-state index contributed by atoms with van der Waals surface area (Å²) in [5, 5.41) is 4.42. The van der Waals surface area contributed by atoms with E-state index in [1.165, 1.54) is 13.1 Å². The first-order chi connectivity index (χ1) is 9.87. The predicted molar refractivity (Wildman–Crippen MR) is 83.2 cm³/mol. The molecule has 1 amide bonds. The Morgan fingerprint density at radius 3 is 2.57 bits per heavy atom. The molecule has 114 valence electrons. The minimum absolute atomic E-state index is 0.177. The smallest absolute Gasteiger partial charge is 0.236 e. The number of benzene rings is 1. The fraction of sp³-hybridized carbons (Fsp3) is 0.357. The van der Waals surface area contributed by atoms with Crippen LogP contribution < -0.4 is 5.32 Å². The van der Waals surface area contributed by atoms with Crippen molar-refractivity contribution in [2.45, 2.75) is 18.9 Å². The SMILES string of the molecule is CN(CC(=O)NC1CC1)S(=O)(=O)/C=C/c1ccc(Cl)cc1. The molecular weight excluding hydrogens is 312 g/mol. The molecule has 1 N–H and O–H groups in total. The highest BCUT2D eigenvalue weighted by molar-refractivity contribution is 7.92. The lowest BCUT2D eigenvalue weighted by molar-refractivity contribution is -0.121. The minimum Gasteiger partial charge on any atom is -0.352 e. The molecule has 0 aromatic heterocycles. The molecule has 0 bridgehead atoms. The Balaban J connectivity index is 1.95. The van der Waals surface area contributed by atoms with Gasteiger partial charge >= 0.3 is 0 Å². The van der Waals surface area contributed by atoms with Crippen LogP contribution in [0.1, 0.15) is 18.4 Å². The molecule has 1 saturated carbocycles. The Labute approximate surface area is 129 Å². The number of likely N-dealkylation sites (N-methyl/N-ethyl adjacent to an activating group) is 1. The zero-order chi connectivity index (χ0) is 15.5. The van der Waals surface area contributed by atoms with Gasteiger partial charge in [0.15, 0.2) is 0 Å². The first-order valence-corrected chi connectivity index (χ1v) is 8.44. The molecule has 0 saturated heterocycles. The van der Waals surface area contributed by atoms with Crippen LogP contribution in [0.2, 0.25) is 5.02 Å². The van der Waals surface area contributed by atoms with E-state index in [9.17, 15) is 13.2 Å². The van der Waals surface area contributed by atoms with Gasteiger partial charge in [-0.25, -0.2) is 8.42 Å². The first kappa shape index (κ1) is 16.0. The van der Waals surface area contributed by atoms with Crippen molar-refractivity contribution in [2.24, 2.45) is 0 Å². The maximum absolute atomic E-state index is 12.0. The van der Waals surface area contributed by atoms with Gasteiger partial charge in [0.1, 0.15) is 0 Å². The fourth-order valence-corrected chi connectivity index (χ4v) is 2.60. The van der Waals surface area contributed by atoms with Crippen LogP contribution in [0.25, 0.3) is 6.08 Å². The van der Waals surface area contributed by atoms with Crippen molar-refractivity contribution < 1.29 is 13.2 Å². The number of carbonyl (C=O) groups is 1. The van der Waals surface area contributed by atoms with Crippen molar-refractivity contribution in [3.63, 3.8) is 0 Å². The molecule has 0 heterocycles. The monoisotopic (exact) mass is 328 g/mol. The van der Waals surface area contributed by atoms with Crippen LogP contribution in [-0.2, 0) is 14.8 Å². The van der Waals surface area contributed by atoms with E-state index >= 15 is 0 Å². The van der Waals surface area contributed by atoms with Crippen molar-refractivity contribution in [1.29, 1.82) is 0 Å². The van der Waals surface area contributed by atoms with Gasteiger partial charge < -0.3 is 5.32 Å². The highest BCUT2D eigenvalue weighted by atomic mass is 35.5. The van der Waals surface area contributed by atoms with Crippen LogP contribution in [0.3, 0.4) is 0 Å². The Hall–Kier alpha value is -1.37. The molecular formula is C14H17ClN2O3S. The number of hydrogen-bond acceptors (Lipinski definition) is 3. The average molecular weight is 329 g/mol. The molecule has 1 fully saturated rings. The number of sulfonamides is 1. The highest BCUT2D eigenvalue weighted by Crippen LogP contribution is 2.18. The number of rotatable bonds is 6. The molecule has 0 aliphatic heterocycles. The van der Waals surface area contributed by atoms with Crippen molar-refractivity contribution in [3.8, 4) is 0 Å². The lowest BCUT2D eigenvalue weighted by Crippen LogP contribution is -2.38.